The van der Waals surface area contributed by atoms with E-state index in [9.17, 15) is 14.6 Å². The van der Waals surface area contributed by atoms with E-state index in [1.165, 1.54) is 6.42 Å². The van der Waals surface area contributed by atoms with Crippen molar-refractivity contribution in [3.63, 3.8) is 0 Å². The van der Waals surface area contributed by atoms with E-state index < -0.39 is 13.5 Å². The first-order valence-electron chi connectivity index (χ1n) is 8.94. The van der Waals surface area contributed by atoms with Crippen molar-refractivity contribution in [2.24, 2.45) is 5.92 Å². The van der Waals surface area contributed by atoms with Crippen molar-refractivity contribution < 1.29 is 14.6 Å². The number of hydrogen-bond donors (Lipinski definition) is 3. The zero-order valence-corrected chi connectivity index (χ0v) is 18.3. The summed E-state index contributed by atoms with van der Waals surface area (Å²) in [5, 5.41) is 14.3. The van der Waals surface area contributed by atoms with Crippen molar-refractivity contribution in [3.05, 3.63) is 33.8 Å². The Balaban J connectivity index is 0.00000338. The first-order chi connectivity index (χ1) is 11.8. The molecule has 1 aliphatic carbocycles. The Hall–Kier alpha value is 0.200. The molecule has 8 heteroatoms. The van der Waals surface area contributed by atoms with Crippen LogP contribution in [-0.2, 0) is 4.57 Å². The lowest BCUT2D eigenvalue weighted by atomic mass is 9.91. The lowest BCUT2D eigenvalue weighted by Crippen LogP contribution is -2.32. The van der Waals surface area contributed by atoms with Gasteiger partial charge in [0.1, 0.15) is 0 Å². The lowest BCUT2D eigenvalue weighted by molar-refractivity contribution is 0.186. The minimum atomic E-state index is -3.29. The molecule has 0 spiro atoms. The van der Waals surface area contributed by atoms with Crippen LogP contribution in [0.5, 0.6) is 0 Å². The highest BCUT2D eigenvalue weighted by Gasteiger charge is 2.28. The Morgan fingerprint density at radius 3 is 2.50 bits per heavy atom. The van der Waals surface area contributed by atoms with Gasteiger partial charge in [-0.15, -0.1) is 12.4 Å². The number of aliphatic hydroxyl groups is 1. The minimum absolute atomic E-state index is 0. The number of rotatable bonds is 8. The summed E-state index contributed by atoms with van der Waals surface area (Å²) in [5.74, 6) is 0.333. The van der Waals surface area contributed by atoms with Crippen LogP contribution in [0.2, 0.25) is 10.0 Å². The second kappa shape index (κ2) is 11.3. The number of benzene rings is 1. The molecule has 1 aliphatic rings. The molecule has 0 aliphatic heterocycles. The molecule has 0 amide bonds. The van der Waals surface area contributed by atoms with E-state index in [1.54, 1.807) is 12.1 Å². The van der Waals surface area contributed by atoms with Crippen molar-refractivity contribution in [1.82, 2.24) is 5.32 Å². The molecule has 0 saturated heterocycles. The van der Waals surface area contributed by atoms with Gasteiger partial charge in [-0.25, -0.2) is 0 Å². The van der Waals surface area contributed by atoms with Gasteiger partial charge in [0, 0.05) is 18.7 Å². The normalized spacial score (nSPS) is 20.0. The van der Waals surface area contributed by atoms with Crippen LogP contribution in [0.15, 0.2) is 18.2 Å². The van der Waals surface area contributed by atoms with Crippen LogP contribution in [0.4, 0.5) is 0 Å². The Kier molecular flexibility index (Phi) is 10.5. The lowest BCUT2D eigenvalue weighted by Gasteiger charge is -2.25. The Morgan fingerprint density at radius 2 is 1.88 bits per heavy atom. The summed E-state index contributed by atoms with van der Waals surface area (Å²) in [6.45, 7) is 2.21. The molecule has 1 fully saturated rings. The molecular weight excluding hydrogens is 416 g/mol. The standard InChI is InChI=1S/C18H28Cl2NO3P.ClH/c1-13(15-7-8-17(19)18(20)9-15)21-10-16(22)12-25(23,24)11-14-5-3-2-4-6-14;/h7-9,13-14,16,21-22H,2-6,10-12H2,1H3,(H,23,24);1H. The summed E-state index contributed by atoms with van der Waals surface area (Å²) in [7, 11) is -3.29. The molecule has 2 rings (SSSR count). The molecule has 1 aromatic rings. The Morgan fingerprint density at radius 1 is 1.23 bits per heavy atom. The maximum atomic E-state index is 12.4. The van der Waals surface area contributed by atoms with E-state index in [1.807, 2.05) is 13.0 Å². The highest BCUT2D eigenvalue weighted by molar-refractivity contribution is 7.58. The van der Waals surface area contributed by atoms with Crippen molar-refractivity contribution in [2.75, 3.05) is 18.9 Å². The van der Waals surface area contributed by atoms with E-state index in [-0.39, 0.29) is 31.2 Å². The Labute approximate surface area is 172 Å². The summed E-state index contributed by atoms with van der Waals surface area (Å²) in [6, 6.07) is 5.35. The molecule has 1 saturated carbocycles. The van der Waals surface area contributed by atoms with Crippen molar-refractivity contribution in [3.8, 4) is 0 Å². The van der Waals surface area contributed by atoms with Crippen molar-refractivity contribution >= 4 is 43.0 Å². The zero-order valence-electron chi connectivity index (χ0n) is 15.0. The zero-order chi connectivity index (χ0) is 18.4. The number of aliphatic hydroxyl groups excluding tert-OH is 1. The SMILES string of the molecule is CC(NCC(O)CP(=O)(O)CC1CCCCC1)c1ccc(Cl)c(Cl)c1.Cl. The summed E-state index contributed by atoms with van der Waals surface area (Å²) < 4.78 is 12.4. The van der Waals surface area contributed by atoms with E-state index in [0.29, 0.717) is 22.1 Å². The molecule has 3 unspecified atom stereocenters. The third kappa shape index (κ3) is 8.06. The molecule has 150 valence electrons. The van der Waals surface area contributed by atoms with Crippen LogP contribution in [0.25, 0.3) is 0 Å². The van der Waals surface area contributed by atoms with Crippen LogP contribution >= 0.6 is 43.0 Å². The second-order valence-corrected chi connectivity index (χ2v) is 10.4. The predicted molar refractivity (Wildman–Crippen MR) is 112 cm³/mol. The third-order valence-corrected chi connectivity index (χ3v) is 7.69. The molecule has 4 nitrogen and oxygen atoms in total. The molecule has 0 bridgehead atoms. The summed E-state index contributed by atoms with van der Waals surface area (Å²) in [6.07, 6.45) is 5.04. The smallest absolute Gasteiger partial charge is 0.203 e. The molecular formula is C18H29Cl3NO3P. The molecule has 3 atom stereocenters. The van der Waals surface area contributed by atoms with Gasteiger partial charge in [0.15, 0.2) is 0 Å². The summed E-state index contributed by atoms with van der Waals surface area (Å²) >= 11 is 11.9. The molecule has 0 radical (unpaired) electrons. The Bertz CT molecular complexity index is 611. The minimum Gasteiger partial charge on any atom is -0.391 e. The van der Waals surface area contributed by atoms with Crippen LogP contribution in [0, 0.1) is 5.92 Å². The van der Waals surface area contributed by atoms with E-state index in [2.05, 4.69) is 5.32 Å². The molecule has 0 aromatic heterocycles. The fourth-order valence-electron chi connectivity index (χ4n) is 3.45. The van der Waals surface area contributed by atoms with Crippen LogP contribution in [-0.4, -0.2) is 35.0 Å². The number of hydrogen-bond acceptors (Lipinski definition) is 3. The quantitative estimate of drug-likeness (QED) is 0.477. The van der Waals surface area contributed by atoms with Gasteiger partial charge in [0.25, 0.3) is 0 Å². The van der Waals surface area contributed by atoms with Gasteiger partial charge < -0.3 is 15.3 Å². The first kappa shape index (κ1) is 24.2. The molecule has 1 aromatic carbocycles. The van der Waals surface area contributed by atoms with Gasteiger partial charge in [0.2, 0.25) is 7.37 Å². The highest BCUT2D eigenvalue weighted by atomic mass is 35.5. The number of nitrogens with one attached hydrogen (secondary N) is 1. The van der Waals surface area contributed by atoms with Crippen molar-refractivity contribution in [2.45, 2.75) is 51.2 Å². The molecule has 26 heavy (non-hydrogen) atoms. The van der Waals surface area contributed by atoms with E-state index in [0.717, 1.165) is 31.2 Å². The first-order valence-corrected chi connectivity index (χ1v) is 11.7. The van der Waals surface area contributed by atoms with Gasteiger partial charge >= 0.3 is 0 Å². The maximum absolute atomic E-state index is 12.4. The van der Waals surface area contributed by atoms with Gasteiger partial charge in [0.05, 0.1) is 22.3 Å². The molecule has 0 heterocycles. The molecule has 3 N–H and O–H groups in total. The van der Waals surface area contributed by atoms with E-state index >= 15 is 0 Å². The second-order valence-electron chi connectivity index (χ2n) is 7.17. The summed E-state index contributed by atoms with van der Waals surface area (Å²) in [5.41, 5.74) is 0.955. The van der Waals surface area contributed by atoms with Crippen molar-refractivity contribution in [1.29, 1.82) is 0 Å². The third-order valence-electron chi connectivity index (χ3n) is 4.87. The van der Waals surface area contributed by atoms with Crippen LogP contribution in [0.1, 0.15) is 50.6 Å². The topological polar surface area (TPSA) is 69.6 Å². The number of halogens is 3. The largest absolute Gasteiger partial charge is 0.391 e. The average molecular weight is 445 g/mol. The highest BCUT2D eigenvalue weighted by Crippen LogP contribution is 2.45. The van der Waals surface area contributed by atoms with E-state index in [4.69, 9.17) is 23.2 Å². The van der Waals surface area contributed by atoms with Crippen LogP contribution in [0.3, 0.4) is 0 Å². The fraction of sp³-hybridized carbons (Fsp3) is 0.667. The van der Waals surface area contributed by atoms with Gasteiger partial charge in [-0.3, -0.25) is 4.57 Å². The van der Waals surface area contributed by atoms with Gasteiger partial charge in [-0.2, -0.15) is 0 Å². The fourth-order valence-corrected chi connectivity index (χ4v) is 5.87. The van der Waals surface area contributed by atoms with Crippen LogP contribution < -0.4 is 5.32 Å². The maximum Gasteiger partial charge on any atom is 0.203 e. The van der Waals surface area contributed by atoms with Gasteiger partial charge in [-0.05, 0) is 43.4 Å². The monoisotopic (exact) mass is 443 g/mol. The predicted octanol–water partition coefficient (Wildman–Crippen LogP) is 5.28. The average Bonchev–Trinajstić information content (AvgIpc) is 2.55. The summed E-state index contributed by atoms with van der Waals surface area (Å²) in [4.78, 5) is 10.2. The van der Waals surface area contributed by atoms with Gasteiger partial charge in [-0.1, -0.05) is 48.5 Å².